The zero-order valence-corrected chi connectivity index (χ0v) is 8.66. The normalized spacial score (nSPS) is 22.5. The molecule has 0 spiro atoms. The summed E-state index contributed by atoms with van der Waals surface area (Å²) in [4.78, 5) is 13.6. The van der Waals surface area contributed by atoms with E-state index in [1.165, 1.54) is 0 Å². The van der Waals surface area contributed by atoms with Crippen LogP contribution in [0.25, 0.3) is 0 Å². The second-order valence-corrected chi connectivity index (χ2v) is 4.49. The molecule has 0 N–H and O–H groups in total. The van der Waals surface area contributed by atoms with Crippen LogP contribution in [0.4, 0.5) is 0 Å². The van der Waals surface area contributed by atoms with Gasteiger partial charge in [0.2, 0.25) is 5.78 Å². The topological polar surface area (TPSA) is 26.3 Å². The minimum Gasteiger partial charge on any atom is -0.476 e. The van der Waals surface area contributed by atoms with Gasteiger partial charge in [0.15, 0.2) is 6.10 Å². The molecule has 1 aliphatic heterocycles. The molecule has 1 aromatic carbocycles. The zero-order valence-electron chi connectivity index (χ0n) is 7.84. The molecule has 0 saturated carbocycles. The number of rotatable bonds is 0. The van der Waals surface area contributed by atoms with Crippen molar-refractivity contribution in [3.63, 3.8) is 0 Å². The van der Waals surface area contributed by atoms with Gasteiger partial charge >= 0.3 is 0 Å². The molecule has 3 heteroatoms. The molecule has 1 aliphatic carbocycles. The molecular weight excluding hydrogens is 208 g/mol. The van der Waals surface area contributed by atoms with Crippen molar-refractivity contribution in [3.8, 4) is 5.75 Å². The SMILES string of the molecule is O=C1C=CC=C2Sc3ccccc3OC12. The number of carbonyl (C=O) groups is 1. The maximum absolute atomic E-state index is 11.6. The second kappa shape index (κ2) is 3.28. The summed E-state index contributed by atoms with van der Waals surface area (Å²) in [7, 11) is 0. The Bertz CT molecular complexity index is 488. The van der Waals surface area contributed by atoms with E-state index in [9.17, 15) is 4.79 Å². The summed E-state index contributed by atoms with van der Waals surface area (Å²) in [5.74, 6) is 0.822. The van der Waals surface area contributed by atoms with Crippen LogP contribution in [0, 0.1) is 0 Å². The lowest BCUT2D eigenvalue weighted by atomic mass is 10.1. The van der Waals surface area contributed by atoms with Crippen molar-refractivity contribution >= 4 is 17.5 Å². The van der Waals surface area contributed by atoms with Crippen LogP contribution >= 0.6 is 11.8 Å². The van der Waals surface area contributed by atoms with Crippen molar-refractivity contribution in [3.05, 3.63) is 47.4 Å². The number of allylic oxidation sites excluding steroid dienone is 2. The molecule has 0 bridgehead atoms. The van der Waals surface area contributed by atoms with Gasteiger partial charge in [-0.25, -0.2) is 0 Å². The predicted molar refractivity (Wildman–Crippen MR) is 58.9 cm³/mol. The Morgan fingerprint density at radius 1 is 1.27 bits per heavy atom. The molecule has 74 valence electrons. The van der Waals surface area contributed by atoms with Crippen molar-refractivity contribution in [1.29, 1.82) is 0 Å². The van der Waals surface area contributed by atoms with Gasteiger partial charge in [-0.2, -0.15) is 0 Å². The lowest BCUT2D eigenvalue weighted by molar-refractivity contribution is -0.119. The van der Waals surface area contributed by atoms with Gasteiger partial charge in [0.05, 0.1) is 4.90 Å². The second-order valence-electron chi connectivity index (χ2n) is 3.38. The number of thioether (sulfide) groups is 1. The number of fused-ring (bicyclic) bond motifs is 2. The molecule has 1 heterocycles. The van der Waals surface area contributed by atoms with Gasteiger partial charge in [0, 0.05) is 4.91 Å². The smallest absolute Gasteiger partial charge is 0.201 e. The quantitative estimate of drug-likeness (QED) is 0.666. The van der Waals surface area contributed by atoms with Crippen LogP contribution in [-0.2, 0) is 4.79 Å². The third-order valence-corrected chi connectivity index (χ3v) is 3.50. The molecule has 15 heavy (non-hydrogen) atoms. The maximum atomic E-state index is 11.6. The number of hydrogen-bond acceptors (Lipinski definition) is 3. The summed E-state index contributed by atoms with van der Waals surface area (Å²) in [6, 6.07) is 7.78. The Labute approximate surface area is 91.6 Å². The van der Waals surface area contributed by atoms with Gasteiger partial charge in [-0.15, -0.1) is 0 Å². The highest BCUT2D eigenvalue weighted by Gasteiger charge is 2.30. The van der Waals surface area contributed by atoms with E-state index in [0.717, 1.165) is 15.6 Å². The third kappa shape index (κ3) is 1.39. The van der Waals surface area contributed by atoms with Gasteiger partial charge in [-0.1, -0.05) is 30.0 Å². The monoisotopic (exact) mass is 216 g/mol. The Morgan fingerprint density at radius 3 is 3.07 bits per heavy atom. The van der Waals surface area contributed by atoms with Crippen LogP contribution in [0.15, 0.2) is 52.3 Å². The third-order valence-electron chi connectivity index (χ3n) is 2.36. The largest absolute Gasteiger partial charge is 0.476 e. The minimum absolute atomic E-state index is 0.0227. The van der Waals surface area contributed by atoms with E-state index >= 15 is 0 Å². The highest BCUT2D eigenvalue weighted by atomic mass is 32.2. The first-order chi connectivity index (χ1) is 7.34. The lowest BCUT2D eigenvalue weighted by Gasteiger charge is -2.27. The number of benzene rings is 1. The molecule has 1 aromatic rings. The Kier molecular flexibility index (Phi) is 1.92. The Balaban J connectivity index is 2.06. The van der Waals surface area contributed by atoms with Gasteiger partial charge < -0.3 is 4.74 Å². The maximum Gasteiger partial charge on any atom is 0.201 e. The molecule has 1 unspecified atom stereocenters. The minimum atomic E-state index is -0.421. The van der Waals surface area contributed by atoms with Crippen molar-refractivity contribution < 1.29 is 9.53 Å². The molecule has 0 aromatic heterocycles. The molecule has 0 saturated heterocycles. The van der Waals surface area contributed by atoms with Crippen LogP contribution in [-0.4, -0.2) is 11.9 Å². The van der Waals surface area contributed by atoms with E-state index in [2.05, 4.69) is 0 Å². The van der Waals surface area contributed by atoms with E-state index in [0.29, 0.717) is 0 Å². The molecule has 1 atom stereocenters. The Morgan fingerprint density at radius 2 is 2.13 bits per heavy atom. The van der Waals surface area contributed by atoms with Crippen molar-refractivity contribution in [2.24, 2.45) is 0 Å². The van der Waals surface area contributed by atoms with Crippen molar-refractivity contribution in [1.82, 2.24) is 0 Å². The number of para-hydroxylation sites is 1. The first-order valence-electron chi connectivity index (χ1n) is 4.70. The molecule has 3 rings (SSSR count). The summed E-state index contributed by atoms with van der Waals surface area (Å²) < 4.78 is 5.66. The fourth-order valence-electron chi connectivity index (χ4n) is 1.64. The molecule has 0 radical (unpaired) electrons. The standard InChI is InChI=1S/C12H8O2S/c13-8-4-3-7-11-12(8)14-9-5-1-2-6-10(9)15-11/h1-7,12H. The zero-order chi connectivity index (χ0) is 10.3. The molecule has 0 amide bonds. The average Bonchev–Trinajstić information content (AvgIpc) is 2.27. The van der Waals surface area contributed by atoms with E-state index in [1.807, 2.05) is 30.3 Å². The van der Waals surface area contributed by atoms with Crippen molar-refractivity contribution in [2.45, 2.75) is 11.0 Å². The summed E-state index contributed by atoms with van der Waals surface area (Å²) in [6.45, 7) is 0. The number of ether oxygens (including phenoxy) is 1. The van der Waals surface area contributed by atoms with Crippen LogP contribution in [0.5, 0.6) is 5.75 Å². The van der Waals surface area contributed by atoms with Crippen molar-refractivity contribution in [2.75, 3.05) is 0 Å². The molecule has 2 nitrogen and oxygen atoms in total. The lowest BCUT2D eigenvalue weighted by Crippen LogP contribution is -2.30. The van der Waals surface area contributed by atoms with Crippen LogP contribution in [0.1, 0.15) is 0 Å². The first-order valence-corrected chi connectivity index (χ1v) is 5.52. The van der Waals surface area contributed by atoms with Gasteiger partial charge in [0.1, 0.15) is 5.75 Å². The molecular formula is C12H8O2S. The predicted octanol–water partition coefficient (Wildman–Crippen LogP) is 2.56. The van der Waals surface area contributed by atoms with Crippen LogP contribution < -0.4 is 4.74 Å². The van der Waals surface area contributed by atoms with Gasteiger partial charge in [0.25, 0.3) is 0 Å². The highest BCUT2D eigenvalue weighted by Crippen LogP contribution is 2.42. The van der Waals surface area contributed by atoms with Crippen LogP contribution in [0.3, 0.4) is 0 Å². The van der Waals surface area contributed by atoms with E-state index in [-0.39, 0.29) is 5.78 Å². The average molecular weight is 216 g/mol. The summed E-state index contributed by atoms with van der Waals surface area (Å²) in [5, 5.41) is 0. The van der Waals surface area contributed by atoms with Gasteiger partial charge in [-0.3, -0.25) is 4.79 Å². The fraction of sp³-hybridized carbons (Fsp3) is 0.0833. The number of carbonyl (C=O) groups excluding carboxylic acids is 1. The molecule has 0 fully saturated rings. The number of hydrogen-bond donors (Lipinski definition) is 0. The van der Waals surface area contributed by atoms with E-state index in [4.69, 9.17) is 4.74 Å². The fourth-order valence-corrected chi connectivity index (χ4v) is 2.68. The van der Waals surface area contributed by atoms with E-state index in [1.54, 1.807) is 23.9 Å². The highest BCUT2D eigenvalue weighted by molar-refractivity contribution is 8.03. The van der Waals surface area contributed by atoms with Crippen LogP contribution in [0.2, 0.25) is 0 Å². The van der Waals surface area contributed by atoms with E-state index < -0.39 is 6.10 Å². The first kappa shape index (κ1) is 8.80. The number of ketones is 1. The molecule has 2 aliphatic rings. The Hall–Kier alpha value is -1.48. The summed E-state index contributed by atoms with van der Waals surface area (Å²) in [5.41, 5.74) is 0. The summed E-state index contributed by atoms with van der Waals surface area (Å²) >= 11 is 1.61. The summed E-state index contributed by atoms with van der Waals surface area (Å²) in [6.07, 6.45) is 4.85. The van der Waals surface area contributed by atoms with Gasteiger partial charge in [-0.05, 0) is 24.3 Å².